The summed E-state index contributed by atoms with van der Waals surface area (Å²) in [5.41, 5.74) is 43.0. The number of benzene rings is 5. The summed E-state index contributed by atoms with van der Waals surface area (Å²) in [4.78, 5) is 59.4. The van der Waals surface area contributed by atoms with Gasteiger partial charge in [-0.25, -0.2) is 0 Å². The maximum atomic E-state index is 14.6. The maximum absolute atomic E-state index is 14.6. The predicted octanol–water partition coefficient (Wildman–Crippen LogP) is 10.3. The zero-order valence-corrected chi connectivity index (χ0v) is 46.2. The minimum Gasteiger partial charge on any atom is -0.493 e. The molecule has 12 N–H and O–H groups in total. The van der Waals surface area contributed by atoms with Gasteiger partial charge in [0.25, 0.3) is 0 Å². The average Bonchev–Trinajstić information content (AvgIpc) is 3.35. The summed E-state index contributed by atoms with van der Waals surface area (Å²) in [7, 11) is 0. The fourth-order valence-corrected chi connectivity index (χ4v) is 10.4. The Morgan fingerprint density at radius 1 is 0.446 bits per heavy atom. The topological polar surface area (TPSA) is 243 Å². The van der Waals surface area contributed by atoms with Crippen LogP contribution in [0.25, 0.3) is 0 Å². The number of rotatable bonds is 30. The zero-order chi connectivity index (χ0) is 54.0. The summed E-state index contributed by atoms with van der Waals surface area (Å²) in [5, 5.41) is 0. The highest BCUT2D eigenvalue weighted by Gasteiger charge is 2.26. The maximum Gasteiger partial charge on any atom is 0.171 e. The highest BCUT2D eigenvalue weighted by atomic mass is 32.2. The highest BCUT2D eigenvalue weighted by Crippen LogP contribution is 2.38. The Kier molecular flexibility index (Phi) is 22.8. The summed E-state index contributed by atoms with van der Waals surface area (Å²) in [5.74, 6) is 1.43. The van der Waals surface area contributed by atoms with Gasteiger partial charge in [-0.3, -0.25) is 19.2 Å². The number of hydrogen-bond acceptors (Lipinski definition) is 14. The lowest BCUT2D eigenvalue weighted by Crippen LogP contribution is -2.17. The van der Waals surface area contributed by atoms with Crippen molar-refractivity contribution >= 4 is 58.0 Å². The molecule has 0 aromatic heterocycles. The molecule has 5 rings (SSSR count). The van der Waals surface area contributed by atoms with Gasteiger partial charge in [-0.2, -0.15) is 0 Å². The Hall–Kier alpha value is -5.48. The number of ketones is 4. The molecule has 0 aliphatic heterocycles. The van der Waals surface area contributed by atoms with Crippen LogP contribution >= 0.6 is 23.5 Å². The first-order valence-electron chi connectivity index (χ1n) is 25.9. The van der Waals surface area contributed by atoms with Gasteiger partial charge in [-0.05, 0) is 126 Å². The van der Waals surface area contributed by atoms with Crippen LogP contribution in [0, 0.1) is 0 Å². The van der Waals surface area contributed by atoms with E-state index in [-0.39, 0.29) is 59.6 Å². The van der Waals surface area contributed by atoms with E-state index in [2.05, 4.69) is 65.8 Å². The number of anilines is 2. The SMILES string of the molecule is CC(C)(C)c1cc(CC(=O)c2cccc(C(=O)Cc3cc(C(C)(C)C)cc(CC(=O)c4ccc(N)cc4OCCCCCN)c3SCCN)c2)c(SCCN)c(CC(=O)c2ccc(N)cc2OCCCCCN)c1. The molecule has 0 fully saturated rings. The molecule has 0 bridgehead atoms. The second-order valence-electron chi connectivity index (χ2n) is 20.9. The molecule has 5 aromatic carbocycles. The largest absolute Gasteiger partial charge is 0.493 e. The lowest BCUT2D eigenvalue weighted by Gasteiger charge is -2.24. The molecule has 5 aromatic rings. The first kappa shape index (κ1) is 59.4. The van der Waals surface area contributed by atoms with E-state index < -0.39 is 0 Å². The summed E-state index contributed by atoms with van der Waals surface area (Å²) in [6.45, 7) is 15.5. The molecule has 398 valence electrons. The van der Waals surface area contributed by atoms with Crippen LogP contribution in [0.3, 0.4) is 0 Å². The van der Waals surface area contributed by atoms with Gasteiger partial charge in [0.2, 0.25) is 0 Å². The number of ether oxygens (including phenoxy) is 2. The number of Topliss-reactive ketones (excluding diaryl/α,β-unsaturated/α-hetero) is 4. The van der Waals surface area contributed by atoms with Crippen LogP contribution in [0.4, 0.5) is 11.4 Å². The van der Waals surface area contributed by atoms with E-state index in [0.717, 1.165) is 81.7 Å². The van der Waals surface area contributed by atoms with Gasteiger partial charge in [0.15, 0.2) is 23.1 Å². The van der Waals surface area contributed by atoms with Crippen LogP contribution in [0.5, 0.6) is 11.5 Å². The molecule has 0 aliphatic carbocycles. The quantitative estimate of drug-likeness (QED) is 0.0109. The molecular weight excluding hydrogens is 965 g/mol. The molecule has 12 nitrogen and oxygen atoms in total. The average molecular weight is 1050 g/mol. The van der Waals surface area contributed by atoms with Crippen molar-refractivity contribution in [3.8, 4) is 11.5 Å². The summed E-state index contributed by atoms with van der Waals surface area (Å²) >= 11 is 3.07. The van der Waals surface area contributed by atoms with Crippen LogP contribution in [0.15, 0.2) is 94.7 Å². The number of unbranched alkanes of at least 4 members (excludes halogenated alkanes) is 4. The number of carbonyl (C=O) groups is 4. The monoisotopic (exact) mass is 1040 g/mol. The molecule has 0 heterocycles. The molecule has 0 amide bonds. The lowest BCUT2D eigenvalue weighted by atomic mass is 9.83. The van der Waals surface area contributed by atoms with Crippen LogP contribution in [0.1, 0.15) is 155 Å². The molecule has 74 heavy (non-hydrogen) atoms. The van der Waals surface area contributed by atoms with Crippen molar-refractivity contribution in [1.29, 1.82) is 0 Å². The summed E-state index contributed by atoms with van der Waals surface area (Å²) < 4.78 is 12.2. The molecule has 0 radical (unpaired) electrons. The third kappa shape index (κ3) is 17.3. The fraction of sp³-hybridized carbons (Fsp3) is 0.433. The number of nitrogens with two attached hydrogens (primary N) is 6. The molecule has 0 saturated heterocycles. The molecule has 0 spiro atoms. The van der Waals surface area contributed by atoms with Gasteiger partial charge in [0.05, 0.1) is 24.3 Å². The van der Waals surface area contributed by atoms with Gasteiger partial charge in [0.1, 0.15) is 11.5 Å². The van der Waals surface area contributed by atoms with E-state index in [1.807, 2.05) is 0 Å². The second kappa shape index (κ2) is 28.4. The van der Waals surface area contributed by atoms with Gasteiger partial charge in [-0.1, -0.05) is 84.0 Å². The number of nitrogen functional groups attached to an aromatic ring is 2. The Morgan fingerprint density at radius 3 is 1.15 bits per heavy atom. The van der Waals surface area contributed by atoms with Crippen molar-refractivity contribution in [3.05, 3.63) is 141 Å². The molecule has 0 aliphatic rings. The van der Waals surface area contributed by atoms with Crippen molar-refractivity contribution in [1.82, 2.24) is 0 Å². The molecule has 14 heteroatoms. The first-order valence-corrected chi connectivity index (χ1v) is 27.9. The van der Waals surface area contributed by atoms with Crippen LogP contribution in [-0.4, -0.2) is 74.0 Å². The van der Waals surface area contributed by atoms with Crippen molar-refractivity contribution in [2.75, 3.05) is 62.4 Å². The van der Waals surface area contributed by atoms with E-state index in [1.54, 1.807) is 60.7 Å². The van der Waals surface area contributed by atoms with Crippen LogP contribution in [0.2, 0.25) is 0 Å². The zero-order valence-electron chi connectivity index (χ0n) is 44.5. The second-order valence-corrected chi connectivity index (χ2v) is 23.1. The minimum absolute atomic E-state index is 0.0363. The molecule has 0 atom stereocenters. The highest BCUT2D eigenvalue weighted by molar-refractivity contribution is 7.99. The van der Waals surface area contributed by atoms with Crippen molar-refractivity contribution in [2.24, 2.45) is 22.9 Å². The standard InChI is InChI=1S/C60H80N6O6S2/c1-59(2,3)45-29-41(57(73-26-22-63)43(31-45)35-53(69)49-18-16-47(65)37-55(49)71-24-11-7-9-20-61)33-51(67)39-14-13-15-40(28-39)52(68)34-42-30-46(60(4,5)6)32-44(58(42)74-27-23-64)36-54(70)50-19-17-48(66)38-56(50)72-25-12-8-10-21-62/h13-19,28-32,37-38H,7-12,20-27,33-36,61-66H2,1-6H3. The Balaban J connectivity index is 1.46. The summed E-state index contributed by atoms with van der Waals surface area (Å²) in [6.07, 6.45) is 5.43. The van der Waals surface area contributed by atoms with Gasteiger partial charge >= 0.3 is 0 Å². The van der Waals surface area contributed by atoms with E-state index in [1.165, 1.54) is 23.5 Å². The number of carbonyl (C=O) groups excluding carboxylic acids is 4. The van der Waals surface area contributed by atoms with Crippen LogP contribution < -0.4 is 43.9 Å². The third-order valence-electron chi connectivity index (χ3n) is 12.7. The van der Waals surface area contributed by atoms with E-state index in [9.17, 15) is 19.2 Å². The predicted molar refractivity (Wildman–Crippen MR) is 307 cm³/mol. The number of thioether (sulfide) groups is 2. The third-order valence-corrected chi connectivity index (χ3v) is 15.2. The van der Waals surface area contributed by atoms with Crippen molar-refractivity contribution in [3.63, 3.8) is 0 Å². The van der Waals surface area contributed by atoms with E-state index in [0.29, 0.717) is 96.0 Å². The Labute approximate surface area is 448 Å². The normalized spacial score (nSPS) is 11.7. The Morgan fingerprint density at radius 2 is 0.811 bits per heavy atom. The first-order chi connectivity index (χ1) is 35.3. The van der Waals surface area contributed by atoms with Crippen LogP contribution in [-0.2, 0) is 36.5 Å². The Bertz CT molecular complexity index is 2550. The minimum atomic E-state index is -0.311. The van der Waals surface area contributed by atoms with E-state index >= 15 is 0 Å². The summed E-state index contributed by atoms with van der Waals surface area (Å²) in [6, 6.07) is 25.4. The lowest BCUT2D eigenvalue weighted by molar-refractivity contribution is 0.0979. The van der Waals surface area contributed by atoms with Gasteiger partial charge in [0, 0.05) is 94.7 Å². The van der Waals surface area contributed by atoms with Gasteiger partial charge in [-0.15, -0.1) is 23.5 Å². The van der Waals surface area contributed by atoms with Crippen molar-refractivity contribution < 1.29 is 28.7 Å². The molecule has 0 unspecified atom stereocenters. The fourth-order valence-electron chi connectivity index (χ4n) is 8.53. The molecule has 0 saturated carbocycles. The smallest absolute Gasteiger partial charge is 0.171 e. The van der Waals surface area contributed by atoms with Gasteiger partial charge < -0.3 is 43.9 Å². The van der Waals surface area contributed by atoms with E-state index in [4.69, 9.17) is 43.9 Å². The number of hydrogen-bond donors (Lipinski definition) is 6. The molecular formula is C60H80N6O6S2. The van der Waals surface area contributed by atoms with Crippen molar-refractivity contribution in [2.45, 2.75) is 126 Å².